The third-order valence-electron chi connectivity index (χ3n) is 8.31. The maximum absolute atomic E-state index is 13.2. The standard InChI is InChI=1S/C34H47N7O3/c1-23-26-15-14-24(32(42)38-31-21-27-25(22-36-31)19-28(37-27)29-13-12-17-40(29)5)20-30(26)41(39-23)18-11-9-7-6-8-10-16-35-33(43)44-34(2,3)4/h14-15,19-22,29,37H,6-13,16-18H2,1-5H3,(H,35,43)(H,36,38,42). The second kappa shape index (κ2) is 13.8. The van der Waals surface area contributed by atoms with E-state index in [4.69, 9.17) is 9.84 Å². The average Bonchev–Trinajstić information content (AvgIpc) is 3.67. The Morgan fingerprint density at radius 3 is 2.59 bits per heavy atom. The summed E-state index contributed by atoms with van der Waals surface area (Å²) in [4.78, 5) is 35.4. The molecule has 1 fully saturated rings. The van der Waals surface area contributed by atoms with Crippen LogP contribution in [-0.4, -0.2) is 62.4 Å². The van der Waals surface area contributed by atoms with Gasteiger partial charge in [-0.2, -0.15) is 5.10 Å². The van der Waals surface area contributed by atoms with Gasteiger partial charge in [-0.3, -0.25) is 14.4 Å². The summed E-state index contributed by atoms with van der Waals surface area (Å²) in [5.74, 6) is 0.341. The number of nitrogens with one attached hydrogen (secondary N) is 3. The number of hydrogen-bond acceptors (Lipinski definition) is 6. The highest BCUT2D eigenvalue weighted by atomic mass is 16.6. The van der Waals surface area contributed by atoms with Crippen molar-refractivity contribution in [3.8, 4) is 0 Å². The monoisotopic (exact) mass is 601 g/mol. The predicted octanol–water partition coefficient (Wildman–Crippen LogP) is 7.11. The van der Waals surface area contributed by atoms with E-state index in [2.05, 4.69) is 38.6 Å². The number of amides is 2. The molecule has 1 saturated heterocycles. The van der Waals surface area contributed by atoms with Crippen molar-refractivity contribution in [1.29, 1.82) is 0 Å². The number of rotatable bonds is 12. The third kappa shape index (κ3) is 7.96. The number of aryl methyl sites for hydroxylation is 2. The lowest BCUT2D eigenvalue weighted by molar-refractivity contribution is 0.0526. The number of H-pyrrole nitrogens is 1. The largest absolute Gasteiger partial charge is 0.444 e. The molecule has 0 aliphatic carbocycles. The van der Waals surface area contributed by atoms with Crippen molar-refractivity contribution in [3.63, 3.8) is 0 Å². The first-order chi connectivity index (χ1) is 21.1. The number of ether oxygens (including phenoxy) is 1. The average molecular weight is 602 g/mol. The quantitative estimate of drug-likeness (QED) is 0.149. The number of anilines is 1. The van der Waals surface area contributed by atoms with Crippen LogP contribution in [0.2, 0.25) is 0 Å². The van der Waals surface area contributed by atoms with Crippen LogP contribution in [0.25, 0.3) is 21.8 Å². The van der Waals surface area contributed by atoms with Gasteiger partial charge >= 0.3 is 6.09 Å². The van der Waals surface area contributed by atoms with Crippen molar-refractivity contribution < 1.29 is 14.3 Å². The van der Waals surface area contributed by atoms with Crippen LogP contribution in [0.3, 0.4) is 0 Å². The molecule has 1 aromatic carbocycles. The maximum atomic E-state index is 13.2. The van der Waals surface area contributed by atoms with Crippen LogP contribution in [-0.2, 0) is 11.3 Å². The zero-order chi connectivity index (χ0) is 31.3. The Balaban J connectivity index is 1.11. The van der Waals surface area contributed by atoms with Crippen LogP contribution in [0.1, 0.15) is 99.9 Å². The first-order valence-corrected chi connectivity index (χ1v) is 16.0. The van der Waals surface area contributed by atoms with Crippen molar-refractivity contribution >= 4 is 39.6 Å². The number of alkyl carbamates (subject to hydrolysis) is 1. The summed E-state index contributed by atoms with van der Waals surface area (Å²) >= 11 is 0. The molecule has 0 spiro atoms. The Morgan fingerprint density at radius 2 is 1.84 bits per heavy atom. The number of hydrogen-bond donors (Lipinski definition) is 3. The Hall–Kier alpha value is -3.92. The first kappa shape index (κ1) is 31.5. The normalized spacial score (nSPS) is 15.7. The third-order valence-corrected chi connectivity index (χ3v) is 8.31. The number of carbonyl (C=O) groups is 2. The van der Waals surface area contributed by atoms with Gasteiger partial charge in [-0.15, -0.1) is 0 Å². The van der Waals surface area contributed by atoms with Crippen molar-refractivity contribution in [2.45, 2.75) is 97.2 Å². The van der Waals surface area contributed by atoms with Gasteiger partial charge in [-0.05, 0) is 85.2 Å². The number of unbranched alkanes of at least 4 members (excludes halogenated alkanes) is 5. The molecule has 0 bridgehead atoms. The van der Waals surface area contributed by atoms with Crippen LogP contribution >= 0.6 is 0 Å². The second-order valence-electron chi connectivity index (χ2n) is 13.1. The van der Waals surface area contributed by atoms with E-state index in [0.717, 1.165) is 85.5 Å². The van der Waals surface area contributed by atoms with Crippen LogP contribution in [0.15, 0.2) is 36.5 Å². The van der Waals surface area contributed by atoms with E-state index in [-0.39, 0.29) is 12.0 Å². The van der Waals surface area contributed by atoms with E-state index < -0.39 is 5.60 Å². The van der Waals surface area contributed by atoms with Gasteiger partial charge in [0.1, 0.15) is 11.4 Å². The molecule has 1 aliphatic rings. The highest BCUT2D eigenvalue weighted by molar-refractivity contribution is 6.06. The highest BCUT2D eigenvalue weighted by Crippen LogP contribution is 2.32. The molecular formula is C34H47N7O3. The fourth-order valence-electron chi connectivity index (χ4n) is 6.04. The van der Waals surface area contributed by atoms with Gasteiger partial charge in [0.15, 0.2) is 0 Å². The van der Waals surface area contributed by atoms with Gasteiger partial charge in [-0.25, -0.2) is 9.78 Å². The van der Waals surface area contributed by atoms with Crippen molar-refractivity contribution in [3.05, 3.63) is 53.5 Å². The molecule has 2 amide bonds. The zero-order valence-corrected chi connectivity index (χ0v) is 26.8. The molecule has 5 rings (SSSR count). The number of carbonyl (C=O) groups excluding carboxylic acids is 2. The number of nitrogens with zero attached hydrogens (tertiary/aromatic N) is 4. The summed E-state index contributed by atoms with van der Waals surface area (Å²) in [6, 6.07) is 10.3. The lowest BCUT2D eigenvalue weighted by Gasteiger charge is -2.19. The maximum Gasteiger partial charge on any atom is 0.407 e. The van der Waals surface area contributed by atoms with Crippen molar-refractivity contribution in [2.75, 3.05) is 25.5 Å². The molecule has 0 radical (unpaired) electrons. The second-order valence-corrected chi connectivity index (χ2v) is 13.1. The number of likely N-dealkylation sites (tertiary alicyclic amines) is 1. The van der Waals surface area contributed by atoms with Gasteiger partial charge in [0.05, 0.1) is 16.7 Å². The highest BCUT2D eigenvalue weighted by Gasteiger charge is 2.24. The van der Waals surface area contributed by atoms with Crippen LogP contribution in [0.4, 0.5) is 10.6 Å². The number of fused-ring (bicyclic) bond motifs is 2. The van der Waals surface area contributed by atoms with Gasteiger partial charge in [0.2, 0.25) is 0 Å². The van der Waals surface area contributed by atoms with Crippen LogP contribution < -0.4 is 10.6 Å². The Labute approximate surface area is 259 Å². The fourth-order valence-corrected chi connectivity index (χ4v) is 6.04. The summed E-state index contributed by atoms with van der Waals surface area (Å²) in [5, 5.41) is 12.7. The van der Waals surface area contributed by atoms with E-state index >= 15 is 0 Å². The summed E-state index contributed by atoms with van der Waals surface area (Å²) in [6.45, 7) is 10.2. The first-order valence-electron chi connectivity index (χ1n) is 16.0. The molecule has 1 aliphatic heterocycles. The van der Waals surface area contributed by atoms with E-state index in [1.54, 1.807) is 0 Å². The number of benzene rings is 1. The predicted molar refractivity (Wildman–Crippen MR) is 175 cm³/mol. The SMILES string of the molecule is Cc1nn(CCCCCCCCNC(=O)OC(C)(C)C)c2cc(C(=O)Nc3cc4[nH]c(C5CCCN5C)cc4cn3)ccc12. The zero-order valence-electron chi connectivity index (χ0n) is 26.8. The van der Waals surface area contributed by atoms with Crippen LogP contribution in [0, 0.1) is 6.92 Å². The van der Waals surface area contributed by atoms with E-state index in [1.165, 1.54) is 12.1 Å². The Bertz CT molecular complexity index is 1600. The van der Waals surface area contributed by atoms with Crippen molar-refractivity contribution in [2.24, 2.45) is 0 Å². The van der Waals surface area contributed by atoms with Crippen molar-refractivity contribution in [1.82, 2.24) is 30.0 Å². The van der Waals surface area contributed by atoms with E-state index in [0.29, 0.717) is 24.0 Å². The molecule has 44 heavy (non-hydrogen) atoms. The molecule has 4 heterocycles. The fraction of sp³-hybridized carbons (Fsp3) is 0.529. The van der Waals surface area contributed by atoms with Gasteiger partial charge in [0.25, 0.3) is 5.91 Å². The van der Waals surface area contributed by atoms with Gasteiger partial charge in [0, 0.05) is 53.4 Å². The molecule has 1 unspecified atom stereocenters. The Morgan fingerprint density at radius 1 is 1.07 bits per heavy atom. The molecule has 10 nitrogen and oxygen atoms in total. The number of aromatic amines is 1. The minimum atomic E-state index is -0.469. The van der Waals surface area contributed by atoms with E-state index in [9.17, 15) is 9.59 Å². The molecule has 3 N–H and O–H groups in total. The molecule has 236 valence electrons. The topological polar surface area (TPSA) is 117 Å². The lowest BCUT2D eigenvalue weighted by Crippen LogP contribution is -2.32. The minimum Gasteiger partial charge on any atom is -0.444 e. The Kier molecular flexibility index (Phi) is 9.88. The number of pyridine rings is 1. The number of aromatic nitrogens is 4. The molecule has 0 saturated carbocycles. The molecule has 4 aromatic rings. The van der Waals surface area contributed by atoms with Crippen LogP contribution in [0.5, 0.6) is 0 Å². The van der Waals surface area contributed by atoms with Gasteiger partial charge in [-0.1, -0.05) is 31.7 Å². The molecule has 1 atom stereocenters. The summed E-state index contributed by atoms with van der Waals surface area (Å²) in [7, 11) is 2.16. The summed E-state index contributed by atoms with van der Waals surface area (Å²) < 4.78 is 7.29. The van der Waals surface area contributed by atoms with Gasteiger partial charge < -0.3 is 20.4 Å². The molecule has 3 aromatic heterocycles. The lowest BCUT2D eigenvalue weighted by atomic mass is 10.1. The summed E-state index contributed by atoms with van der Waals surface area (Å²) in [6.07, 6.45) is 10.2. The minimum absolute atomic E-state index is 0.187. The van der Waals surface area contributed by atoms with E-state index in [1.807, 2.05) is 62.8 Å². The molecule has 10 heteroatoms. The summed E-state index contributed by atoms with van der Waals surface area (Å²) in [5.41, 5.74) is 4.23. The smallest absolute Gasteiger partial charge is 0.407 e. The molecular weight excluding hydrogens is 554 g/mol.